The molecule has 2 N–H and O–H groups in total. The third-order valence-electron chi connectivity index (χ3n) is 2.79. The molecule has 0 fully saturated rings. The molecule has 0 radical (unpaired) electrons. The van der Waals surface area contributed by atoms with E-state index in [1.54, 1.807) is 0 Å². The molecule has 0 aromatic carbocycles. The molecule has 1 aromatic rings. The number of hydrogen-bond acceptors (Lipinski definition) is 4. The molecule has 0 bridgehead atoms. The SMILES string of the molecule is CCCc1nc(Br)cc(NC(CCO)C(C)C)n1. The highest BCUT2D eigenvalue weighted by Crippen LogP contribution is 2.17. The minimum absolute atomic E-state index is 0.184. The molecule has 0 aliphatic carbocycles. The van der Waals surface area contributed by atoms with Gasteiger partial charge in [0.05, 0.1) is 0 Å². The Morgan fingerprint density at radius 1 is 1.39 bits per heavy atom. The van der Waals surface area contributed by atoms with Gasteiger partial charge >= 0.3 is 0 Å². The van der Waals surface area contributed by atoms with Crippen molar-refractivity contribution in [2.75, 3.05) is 11.9 Å². The summed E-state index contributed by atoms with van der Waals surface area (Å²) in [5, 5.41) is 12.5. The second-order valence-electron chi connectivity index (χ2n) is 4.75. The first-order valence-electron chi connectivity index (χ1n) is 6.47. The maximum atomic E-state index is 9.07. The van der Waals surface area contributed by atoms with Crippen molar-refractivity contribution in [3.63, 3.8) is 0 Å². The fraction of sp³-hybridized carbons (Fsp3) is 0.692. The second kappa shape index (κ2) is 7.69. The van der Waals surface area contributed by atoms with Crippen LogP contribution >= 0.6 is 15.9 Å². The van der Waals surface area contributed by atoms with Gasteiger partial charge in [-0.25, -0.2) is 9.97 Å². The zero-order valence-corrected chi connectivity index (χ0v) is 12.9. The number of nitrogens with zero attached hydrogens (tertiary/aromatic N) is 2. The van der Waals surface area contributed by atoms with Gasteiger partial charge < -0.3 is 10.4 Å². The molecule has 0 aliphatic rings. The molecular formula is C13H22BrN3O. The number of aliphatic hydroxyl groups is 1. The largest absolute Gasteiger partial charge is 0.396 e. The molecule has 18 heavy (non-hydrogen) atoms. The fourth-order valence-corrected chi connectivity index (χ4v) is 2.20. The predicted octanol–water partition coefficient (Wildman–Crippen LogP) is 3.01. The summed E-state index contributed by atoms with van der Waals surface area (Å²) < 4.78 is 0.801. The second-order valence-corrected chi connectivity index (χ2v) is 5.56. The summed E-state index contributed by atoms with van der Waals surface area (Å²) in [4.78, 5) is 8.83. The molecule has 102 valence electrons. The number of aryl methyl sites for hydroxylation is 1. The van der Waals surface area contributed by atoms with Crippen molar-refractivity contribution in [1.29, 1.82) is 0 Å². The van der Waals surface area contributed by atoms with Gasteiger partial charge in [-0.15, -0.1) is 0 Å². The van der Waals surface area contributed by atoms with E-state index < -0.39 is 0 Å². The minimum atomic E-state index is 0.184. The Hall–Kier alpha value is -0.680. The fourth-order valence-electron chi connectivity index (χ4n) is 1.78. The van der Waals surface area contributed by atoms with Gasteiger partial charge in [0, 0.05) is 25.1 Å². The topological polar surface area (TPSA) is 58.0 Å². The maximum absolute atomic E-state index is 9.07. The lowest BCUT2D eigenvalue weighted by Gasteiger charge is -2.22. The minimum Gasteiger partial charge on any atom is -0.396 e. The van der Waals surface area contributed by atoms with Crippen molar-refractivity contribution in [1.82, 2.24) is 9.97 Å². The third kappa shape index (κ3) is 4.90. The summed E-state index contributed by atoms with van der Waals surface area (Å²) >= 11 is 3.41. The van der Waals surface area contributed by atoms with Crippen molar-refractivity contribution >= 4 is 21.7 Å². The Bertz CT molecular complexity index is 371. The van der Waals surface area contributed by atoms with E-state index in [4.69, 9.17) is 5.11 Å². The Balaban J connectivity index is 2.81. The Labute approximate surface area is 117 Å². The highest BCUT2D eigenvalue weighted by Gasteiger charge is 2.14. The Morgan fingerprint density at radius 3 is 2.67 bits per heavy atom. The zero-order valence-electron chi connectivity index (χ0n) is 11.3. The molecule has 1 aromatic heterocycles. The predicted molar refractivity (Wildman–Crippen MR) is 77.7 cm³/mol. The lowest BCUT2D eigenvalue weighted by atomic mass is 10.0. The van der Waals surface area contributed by atoms with Gasteiger partial charge in [-0.2, -0.15) is 0 Å². The number of aromatic nitrogens is 2. The summed E-state index contributed by atoms with van der Waals surface area (Å²) in [6.07, 6.45) is 2.63. The quantitative estimate of drug-likeness (QED) is 0.759. The molecule has 0 aliphatic heterocycles. The summed E-state index contributed by atoms with van der Waals surface area (Å²) in [5.41, 5.74) is 0. The van der Waals surface area contributed by atoms with E-state index in [1.165, 1.54) is 0 Å². The van der Waals surface area contributed by atoms with Crippen LogP contribution < -0.4 is 5.32 Å². The van der Waals surface area contributed by atoms with Crippen LogP contribution in [0, 0.1) is 5.92 Å². The zero-order chi connectivity index (χ0) is 13.5. The van der Waals surface area contributed by atoms with Crippen LogP contribution in [-0.4, -0.2) is 27.7 Å². The van der Waals surface area contributed by atoms with Gasteiger partial charge in [0.2, 0.25) is 0 Å². The lowest BCUT2D eigenvalue weighted by Crippen LogP contribution is -2.27. The average Bonchev–Trinajstić information content (AvgIpc) is 2.28. The number of halogens is 1. The summed E-state index contributed by atoms with van der Waals surface area (Å²) in [6, 6.07) is 2.11. The molecule has 4 nitrogen and oxygen atoms in total. The van der Waals surface area contributed by atoms with Gasteiger partial charge in [0.15, 0.2) is 0 Å². The van der Waals surface area contributed by atoms with E-state index in [-0.39, 0.29) is 12.6 Å². The smallest absolute Gasteiger partial charge is 0.132 e. The number of anilines is 1. The molecule has 1 heterocycles. The summed E-state index contributed by atoms with van der Waals surface area (Å²) in [7, 11) is 0. The first-order valence-corrected chi connectivity index (χ1v) is 7.27. The maximum Gasteiger partial charge on any atom is 0.132 e. The number of aliphatic hydroxyl groups excluding tert-OH is 1. The van der Waals surface area contributed by atoms with Crippen LogP contribution in [0.3, 0.4) is 0 Å². The van der Waals surface area contributed by atoms with Crippen LogP contribution in [0.2, 0.25) is 0 Å². The van der Waals surface area contributed by atoms with Crippen LogP contribution in [0.25, 0.3) is 0 Å². The van der Waals surface area contributed by atoms with Crippen LogP contribution in [0.4, 0.5) is 5.82 Å². The van der Waals surface area contributed by atoms with E-state index in [0.29, 0.717) is 5.92 Å². The monoisotopic (exact) mass is 315 g/mol. The van der Waals surface area contributed by atoms with Gasteiger partial charge in [-0.3, -0.25) is 0 Å². The summed E-state index contributed by atoms with van der Waals surface area (Å²) in [5.74, 6) is 2.12. The highest BCUT2D eigenvalue weighted by atomic mass is 79.9. The molecule has 1 unspecified atom stereocenters. The molecular weight excluding hydrogens is 294 g/mol. The normalized spacial score (nSPS) is 12.8. The van der Waals surface area contributed by atoms with Crippen LogP contribution in [-0.2, 0) is 6.42 Å². The molecule has 0 saturated heterocycles. The third-order valence-corrected chi connectivity index (χ3v) is 3.20. The Morgan fingerprint density at radius 2 is 2.11 bits per heavy atom. The van der Waals surface area contributed by atoms with Gasteiger partial charge in [-0.1, -0.05) is 20.8 Å². The molecule has 0 spiro atoms. The van der Waals surface area contributed by atoms with Crippen LogP contribution in [0.5, 0.6) is 0 Å². The first-order chi connectivity index (χ1) is 8.56. The highest BCUT2D eigenvalue weighted by molar-refractivity contribution is 9.10. The molecule has 1 atom stereocenters. The van der Waals surface area contributed by atoms with Gasteiger partial charge in [-0.05, 0) is 34.7 Å². The molecule has 1 rings (SSSR count). The van der Waals surface area contributed by atoms with Crippen molar-refractivity contribution in [3.05, 3.63) is 16.5 Å². The van der Waals surface area contributed by atoms with Crippen LogP contribution in [0.15, 0.2) is 10.7 Å². The number of rotatable bonds is 7. The van der Waals surface area contributed by atoms with Gasteiger partial charge in [0.25, 0.3) is 0 Å². The number of hydrogen-bond donors (Lipinski definition) is 2. The molecule has 5 heteroatoms. The van der Waals surface area contributed by atoms with Crippen molar-refractivity contribution in [2.24, 2.45) is 5.92 Å². The van der Waals surface area contributed by atoms with E-state index in [2.05, 4.69) is 52.0 Å². The van der Waals surface area contributed by atoms with Crippen molar-refractivity contribution in [3.8, 4) is 0 Å². The lowest BCUT2D eigenvalue weighted by molar-refractivity contribution is 0.267. The van der Waals surface area contributed by atoms with Crippen molar-refractivity contribution in [2.45, 2.75) is 46.1 Å². The molecule has 0 saturated carbocycles. The van der Waals surface area contributed by atoms with E-state index >= 15 is 0 Å². The Kier molecular flexibility index (Phi) is 6.57. The average molecular weight is 316 g/mol. The first kappa shape index (κ1) is 15.4. The van der Waals surface area contributed by atoms with E-state index in [9.17, 15) is 0 Å². The van der Waals surface area contributed by atoms with E-state index in [1.807, 2.05) is 6.07 Å². The van der Waals surface area contributed by atoms with Gasteiger partial charge in [0.1, 0.15) is 16.2 Å². The molecule has 0 amide bonds. The summed E-state index contributed by atoms with van der Waals surface area (Å²) in [6.45, 7) is 6.57. The van der Waals surface area contributed by atoms with Crippen LogP contribution in [0.1, 0.15) is 39.4 Å². The standard InChI is InChI=1S/C13H22BrN3O/c1-4-5-12-16-11(14)8-13(17-12)15-10(6-7-18)9(2)3/h8-10,18H,4-7H2,1-3H3,(H,15,16,17). The number of nitrogens with one attached hydrogen (secondary N) is 1. The van der Waals surface area contributed by atoms with Crippen molar-refractivity contribution < 1.29 is 5.11 Å². The van der Waals surface area contributed by atoms with E-state index in [0.717, 1.165) is 35.5 Å².